The average molecular weight is 240 g/mol. The molecule has 0 spiro atoms. The van der Waals surface area contributed by atoms with Crippen molar-refractivity contribution in [3.8, 4) is 0 Å². The van der Waals surface area contributed by atoms with E-state index in [1.165, 1.54) is 7.11 Å². The zero-order chi connectivity index (χ0) is 12.6. The second-order valence-electron chi connectivity index (χ2n) is 4.49. The third-order valence-electron chi connectivity index (χ3n) is 3.36. The molecule has 1 saturated heterocycles. The Kier molecular flexibility index (Phi) is 3.06. The van der Waals surface area contributed by atoms with Crippen LogP contribution in [0.2, 0.25) is 0 Å². The number of hydrogen-bond acceptors (Lipinski definition) is 5. The number of piperidine rings is 1. The van der Waals surface area contributed by atoms with Gasteiger partial charge in [0.05, 0.1) is 13.0 Å². The predicted octanol–water partition coefficient (Wildman–Crippen LogP) is -0.578. The third kappa shape index (κ3) is 2.00. The Labute approximate surface area is 99.2 Å². The van der Waals surface area contributed by atoms with Crippen molar-refractivity contribution in [3.05, 3.63) is 11.3 Å². The quantitative estimate of drug-likeness (QED) is 0.473. The highest BCUT2D eigenvalue weighted by Gasteiger charge is 2.41. The smallest absolute Gasteiger partial charge is 0.346 e. The van der Waals surface area contributed by atoms with Crippen molar-refractivity contribution in [2.24, 2.45) is 5.92 Å². The van der Waals surface area contributed by atoms with Gasteiger partial charge in [-0.15, -0.1) is 0 Å². The van der Waals surface area contributed by atoms with E-state index in [0.29, 0.717) is 6.54 Å². The maximum absolute atomic E-state index is 11.7. The van der Waals surface area contributed by atoms with E-state index in [1.807, 2.05) is 7.05 Å². The number of fused-ring (bicyclic) bond motifs is 1. The van der Waals surface area contributed by atoms with E-state index >= 15 is 0 Å². The fourth-order valence-electron chi connectivity index (χ4n) is 2.41. The monoisotopic (exact) mass is 240 g/mol. The van der Waals surface area contributed by atoms with E-state index in [9.17, 15) is 14.7 Å². The second kappa shape index (κ2) is 4.37. The predicted molar refractivity (Wildman–Crippen MR) is 59.2 cm³/mol. The van der Waals surface area contributed by atoms with Crippen LogP contribution in [0.1, 0.15) is 6.42 Å². The molecule has 2 aliphatic heterocycles. The fourth-order valence-corrected chi connectivity index (χ4v) is 2.41. The van der Waals surface area contributed by atoms with Gasteiger partial charge >= 0.3 is 5.97 Å². The van der Waals surface area contributed by atoms with E-state index in [-0.39, 0.29) is 23.3 Å². The highest BCUT2D eigenvalue weighted by Crippen LogP contribution is 2.28. The van der Waals surface area contributed by atoms with Gasteiger partial charge in [-0.05, 0) is 20.0 Å². The van der Waals surface area contributed by atoms with Crippen LogP contribution in [0, 0.1) is 5.92 Å². The molecular formula is C11H16N2O4. The number of methoxy groups -OCH3 is 1. The summed E-state index contributed by atoms with van der Waals surface area (Å²) in [6, 6.07) is -0.0906. The number of nitrogens with zero attached hydrogens (tertiary/aromatic N) is 1. The molecule has 0 saturated carbocycles. The van der Waals surface area contributed by atoms with Gasteiger partial charge in [0.15, 0.2) is 5.57 Å². The fraction of sp³-hybridized carbons (Fsp3) is 0.636. The highest BCUT2D eigenvalue weighted by atomic mass is 16.5. The van der Waals surface area contributed by atoms with Crippen LogP contribution in [0.15, 0.2) is 11.3 Å². The Bertz CT molecular complexity index is 391. The summed E-state index contributed by atoms with van der Waals surface area (Å²) in [5, 5.41) is 12.8. The summed E-state index contributed by atoms with van der Waals surface area (Å²) in [4.78, 5) is 25.2. The summed E-state index contributed by atoms with van der Waals surface area (Å²) in [5.74, 6) is -1.69. The van der Waals surface area contributed by atoms with Crippen molar-refractivity contribution in [1.29, 1.82) is 0 Å². The average Bonchev–Trinajstić information content (AvgIpc) is 2.30. The molecule has 2 aliphatic rings. The van der Waals surface area contributed by atoms with Crippen LogP contribution < -0.4 is 5.32 Å². The van der Waals surface area contributed by atoms with E-state index in [1.54, 1.807) is 0 Å². The van der Waals surface area contributed by atoms with Crippen LogP contribution in [0.4, 0.5) is 0 Å². The molecule has 0 aromatic heterocycles. The topological polar surface area (TPSA) is 78.9 Å². The first-order valence-electron chi connectivity index (χ1n) is 5.55. The van der Waals surface area contributed by atoms with Crippen LogP contribution in [-0.4, -0.2) is 55.2 Å². The number of carbonyl (C=O) groups excluding carboxylic acids is 2. The summed E-state index contributed by atoms with van der Waals surface area (Å²) >= 11 is 0. The van der Waals surface area contributed by atoms with Gasteiger partial charge in [-0.25, -0.2) is 4.79 Å². The zero-order valence-electron chi connectivity index (χ0n) is 9.90. The Morgan fingerprint density at radius 2 is 2.29 bits per heavy atom. The minimum absolute atomic E-state index is 0.0906. The number of nitrogens with one attached hydrogen (secondary N) is 1. The largest absolute Gasteiger partial charge is 0.511 e. The molecule has 94 valence electrons. The van der Waals surface area contributed by atoms with Gasteiger partial charge in [-0.2, -0.15) is 0 Å². The maximum atomic E-state index is 11.7. The minimum atomic E-state index is -0.785. The number of aliphatic hydroxyl groups is 1. The summed E-state index contributed by atoms with van der Waals surface area (Å²) in [5.41, 5.74) is -0.260. The lowest BCUT2D eigenvalue weighted by atomic mass is 9.85. The molecule has 0 aromatic carbocycles. The first-order valence-corrected chi connectivity index (χ1v) is 5.55. The lowest BCUT2D eigenvalue weighted by Crippen LogP contribution is -2.55. The zero-order valence-corrected chi connectivity index (χ0v) is 9.90. The van der Waals surface area contributed by atoms with Crippen molar-refractivity contribution in [2.75, 3.05) is 27.2 Å². The van der Waals surface area contributed by atoms with Gasteiger partial charge < -0.3 is 20.1 Å². The van der Waals surface area contributed by atoms with Crippen molar-refractivity contribution >= 4 is 11.9 Å². The molecule has 2 heterocycles. The van der Waals surface area contributed by atoms with Gasteiger partial charge in [0.2, 0.25) is 0 Å². The number of aliphatic hydroxyl groups excluding tert-OH is 1. The molecule has 6 nitrogen and oxygen atoms in total. The Morgan fingerprint density at radius 3 is 2.94 bits per heavy atom. The molecule has 2 N–H and O–H groups in total. The van der Waals surface area contributed by atoms with Crippen LogP contribution in [0.3, 0.4) is 0 Å². The number of rotatable bonds is 1. The molecule has 0 radical (unpaired) electrons. The first kappa shape index (κ1) is 11.9. The summed E-state index contributed by atoms with van der Waals surface area (Å²) < 4.78 is 4.51. The van der Waals surface area contributed by atoms with E-state index in [2.05, 4.69) is 15.0 Å². The van der Waals surface area contributed by atoms with Crippen molar-refractivity contribution in [3.63, 3.8) is 0 Å². The number of amides is 1. The van der Waals surface area contributed by atoms with Crippen molar-refractivity contribution in [2.45, 2.75) is 12.5 Å². The van der Waals surface area contributed by atoms with Gasteiger partial charge in [0.25, 0.3) is 5.91 Å². The normalized spacial score (nSPS) is 29.6. The van der Waals surface area contributed by atoms with Gasteiger partial charge in [0.1, 0.15) is 5.76 Å². The highest BCUT2D eigenvalue weighted by molar-refractivity contribution is 6.17. The van der Waals surface area contributed by atoms with E-state index < -0.39 is 11.9 Å². The van der Waals surface area contributed by atoms with Gasteiger partial charge in [0, 0.05) is 12.6 Å². The summed E-state index contributed by atoms with van der Waals surface area (Å²) in [6.07, 6.45) is 0.769. The number of ether oxygens (including phenoxy) is 1. The Balaban J connectivity index is 2.34. The molecule has 2 unspecified atom stereocenters. The lowest BCUT2D eigenvalue weighted by molar-refractivity contribution is -0.139. The number of esters is 1. The number of carbonyl (C=O) groups is 2. The standard InChI is InChI=1S/C11H16N2O4/c1-13-4-3-7-6(5-13)9(14)8(10(15)12-7)11(16)17-2/h6-7,14H,3-5H2,1-2H3,(H,12,15). The maximum Gasteiger partial charge on any atom is 0.346 e. The molecule has 2 atom stereocenters. The summed E-state index contributed by atoms with van der Waals surface area (Å²) in [7, 11) is 3.13. The molecule has 6 heteroatoms. The first-order chi connectivity index (χ1) is 8.04. The minimum Gasteiger partial charge on any atom is -0.511 e. The lowest BCUT2D eigenvalue weighted by Gasteiger charge is -2.39. The van der Waals surface area contributed by atoms with E-state index in [0.717, 1.165) is 13.0 Å². The van der Waals surface area contributed by atoms with Crippen LogP contribution in [0.25, 0.3) is 0 Å². The molecule has 1 fully saturated rings. The molecule has 0 bridgehead atoms. The molecule has 17 heavy (non-hydrogen) atoms. The third-order valence-corrected chi connectivity index (χ3v) is 3.36. The van der Waals surface area contributed by atoms with Crippen LogP contribution in [0.5, 0.6) is 0 Å². The molecule has 0 aliphatic carbocycles. The van der Waals surface area contributed by atoms with E-state index in [4.69, 9.17) is 0 Å². The molecule has 1 amide bonds. The van der Waals surface area contributed by atoms with Crippen molar-refractivity contribution < 1.29 is 19.4 Å². The Hall–Kier alpha value is -1.56. The Morgan fingerprint density at radius 1 is 1.59 bits per heavy atom. The van der Waals surface area contributed by atoms with Gasteiger partial charge in [-0.1, -0.05) is 0 Å². The van der Waals surface area contributed by atoms with Crippen molar-refractivity contribution in [1.82, 2.24) is 10.2 Å². The van der Waals surface area contributed by atoms with Crippen LogP contribution >= 0.6 is 0 Å². The number of hydrogen-bond donors (Lipinski definition) is 2. The summed E-state index contributed by atoms with van der Waals surface area (Å²) in [6.45, 7) is 1.49. The second-order valence-corrected chi connectivity index (χ2v) is 4.49. The number of likely N-dealkylation sites (tertiary alicyclic amines) is 1. The molecule has 0 aromatic rings. The molecule has 2 rings (SSSR count). The molecular weight excluding hydrogens is 224 g/mol. The van der Waals surface area contributed by atoms with Gasteiger partial charge in [-0.3, -0.25) is 4.79 Å². The van der Waals surface area contributed by atoms with Crippen LogP contribution in [-0.2, 0) is 14.3 Å². The SMILES string of the molecule is COC(=O)C1=C(O)C2CN(C)CCC2NC1=O.